The standard InChI is InChI=1S/C66H46B2N4S2/c1-8-24-46(25-9-1)67-56-44-57-62(74-64-43-54(42-63-66(64)68(57)55-38-22-23-39-61(55)73-63)71(50-32-16-5-17-33-50)51-34-18-6-19-35-51)45-59(56)72(52-36-20-7-21-37-52)60-41-53(40-58(65(60)67)69-47-26-10-2-11-27-47)70(48-28-12-3-13-29-48)49-30-14-4-15-31-49/h1-45,69H. The Bertz CT molecular complexity index is 3760. The number of para-hydroxylation sites is 6. The lowest BCUT2D eigenvalue weighted by atomic mass is 9.32. The number of hydrogen-bond donors (Lipinski definition) is 1. The molecule has 0 saturated heterocycles. The van der Waals surface area contributed by atoms with Crippen LogP contribution in [0, 0.1) is 0 Å². The monoisotopic (exact) mass is 980 g/mol. The summed E-state index contributed by atoms with van der Waals surface area (Å²) >= 11 is 3.82. The average molecular weight is 981 g/mol. The minimum Gasteiger partial charge on any atom is -0.356 e. The lowest BCUT2D eigenvalue weighted by Gasteiger charge is -2.41. The van der Waals surface area contributed by atoms with Gasteiger partial charge in [-0.3, -0.25) is 0 Å². The van der Waals surface area contributed by atoms with Crippen LogP contribution in [0.1, 0.15) is 0 Å². The highest BCUT2D eigenvalue weighted by molar-refractivity contribution is 8.01. The van der Waals surface area contributed by atoms with E-state index in [1.807, 2.05) is 23.5 Å². The highest BCUT2D eigenvalue weighted by atomic mass is 32.2. The zero-order valence-electron chi connectivity index (χ0n) is 40.3. The number of fused-ring (bicyclic) bond motifs is 6. The molecule has 0 aromatic heterocycles. The topological polar surface area (TPSA) is 21.8 Å². The second-order valence-corrected chi connectivity index (χ2v) is 21.1. The summed E-state index contributed by atoms with van der Waals surface area (Å²) in [5.74, 6) is 0. The molecule has 11 aromatic carbocycles. The number of anilines is 11. The van der Waals surface area contributed by atoms with Crippen molar-refractivity contribution in [3.63, 3.8) is 0 Å². The molecule has 74 heavy (non-hydrogen) atoms. The molecule has 0 spiro atoms. The smallest absolute Gasteiger partial charge is 0.249 e. The predicted molar refractivity (Wildman–Crippen MR) is 317 cm³/mol. The molecule has 0 bridgehead atoms. The number of benzene rings is 11. The van der Waals surface area contributed by atoms with Gasteiger partial charge in [0, 0.05) is 76.5 Å². The summed E-state index contributed by atoms with van der Waals surface area (Å²) in [6, 6.07) is 99.7. The van der Waals surface area contributed by atoms with Crippen LogP contribution in [-0.2, 0) is 0 Å². The molecule has 3 aliphatic rings. The Labute approximate surface area is 442 Å². The summed E-state index contributed by atoms with van der Waals surface area (Å²) in [7, 11) is 0. The van der Waals surface area contributed by atoms with E-state index in [-0.39, 0.29) is 13.4 Å². The van der Waals surface area contributed by atoms with Gasteiger partial charge in [-0.15, -0.1) is 0 Å². The molecular formula is C66H46B2N4S2. The van der Waals surface area contributed by atoms with E-state index in [1.165, 1.54) is 58.0 Å². The van der Waals surface area contributed by atoms with Crippen LogP contribution in [0.25, 0.3) is 0 Å². The highest BCUT2D eigenvalue weighted by Gasteiger charge is 2.44. The lowest BCUT2D eigenvalue weighted by molar-refractivity contribution is 1.23. The van der Waals surface area contributed by atoms with Crippen LogP contribution in [0.15, 0.2) is 293 Å². The maximum Gasteiger partial charge on any atom is 0.249 e. The molecule has 0 fully saturated rings. The molecular weight excluding hydrogens is 935 g/mol. The molecule has 11 aromatic rings. The van der Waals surface area contributed by atoms with Crippen LogP contribution in [0.2, 0.25) is 0 Å². The molecule has 1 N–H and O–H groups in total. The van der Waals surface area contributed by atoms with Gasteiger partial charge in [0.1, 0.15) is 0 Å². The normalized spacial score (nSPS) is 12.7. The van der Waals surface area contributed by atoms with Crippen molar-refractivity contribution in [2.45, 2.75) is 19.6 Å². The first-order valence-electron chi connectivity index (χ1n) is 25.2. The van der Waals surface area contributed by atoms with Crippen molar-refractivity contribution in [3.05, 3.63) is 273 Å². The number of nitrogens with zero attached hydrogens (tertiary/aromatic N) is 3. The van der Waals surface area contributed by atoms with Gasteiger partial charge in [-0.2, -0.15) is 0 Å². The molecule has 0 radical (unpaired) electrons. The zero-order chi connectivity index (χ0) is 49.0. The molecule has 348 valence electrons. The quantitative estimate of drug-likeness (QED) is 0.137. The van der Waals surface area contributed by atoms with E-state index in [9.17, 15) is 0 Å². The minimum atomic E-state index is -0.125. The van der Waals surface area contributed by atoms with Crippen LogP contribution >= 0.6 is 23.5 Å². The fourth-order valence-electron chi connectivity index (χ4n) is 11.4. The van der Waals surface area contributed by atoms with Gasteiger partial charge in [-0.1, -0.05) is 204 Å². The Hall–Kier alpha value is -8.55. The highest BCUT2D eigenvalue weighted by Crippen LogP contribution is 2.48. The molecule has 3 aliphatic heterocycles. The van der Waals surface area contributed by atoms with Crippen molar-refractivity contribution in [1.29, 1.82) is 0 Å². The van der Waals surface area contributed by atoms with Gasteiger partial charge in [-0.05, 0) is 126 Å². The van der Waals surface area contributed by atoms with Crippen LogP contribution in [0.5, 0.6) is 0 Å². The summed E-state index contributed by atoms with van der Waals surface area (Å²) in [6.07, 6.45) is 0. The third-order valence-electron chi connectivity index (χ3n) is 14.5. The third kappa shape index (κ3) is 7.77. The summed E-state index contributed by atoms with van der Waals surface area (Å²) < 4.78 is 0. The van der Waals surface area contributed by atoms with E-state index in [0.717, 1.165) is 56.9 Å². The van der Waals surface area contributed by atoms with Crippen molar-refractivity contribution in [3.8, 4) is 0 Å². The number of rotatable bonds is 10. The fourth-order valence-corrected chi connectivity index (χ4v) is 13.9. The van der Waals surface area contributed by atoms with Crippen molar-refractivity contribution < 1.29 is 0 Å². The van der Waals surface area contributed by atoms with E-state index in [4.69, 9.17) is 0 Å². The van der Waals surface area contributed by atoms with Gasteiger partial charge in [0.25, 0.3) is 0 Å². The minimum absolute atomic E-state index is 0.0348. The second kappa shape index (κ2) is 18.8. The third-order valence-corrected chi connectivity index (χ3v) is 16.8. The first-order valence-corrected chi connectivity index (χ1v) is 26.9. The number of nitrogens with one attached hydrogen (secondary N) is 1. The Kier molecular flexibility index (Phi) is 11.2. The fraction of sp³-hybridized carbons (Fsp3) is 0. The van der Waals surface area contributed by atoms with Gasteiger partial charge in [0.05, 0.1) is 5.69 Å². The van der Waals surface area contributed by atoms with E-state index >= 15 is 0 Å². The van der Waals surface area contributed by atoms with Crippen molar-refractivity contribution in [2.75, 3.05) is 20.0 Å². The summed E-state index contributed by atoms with van der Waals surface area (Å²) in [6.45, 7) is -0.0899. The van der Waals surface area contributed by atoms with Gasteiger partial charge in [0.2, 0.25) is 13.4 Å². The second-order valence-electron chi connectivity index (χ2n) is 18.9. The van der Waals surface area contributed by atoms with Crippen molar-refractivity contribution in [2.24, 2.45) is 0 Å². The van der Waals surface area contributed by atoms with Gasteiger partial charge in [-0.25, -0.2) is 0 Å². The maximum absolute atomic E-state index is 4.03. The molecule has 3 heterocycles. The van der Waals surface area contributed by atoms with E-state index in [1.54, 1.807) is 0 Å². The maximum atomic E-state index is 4.03. The van der Waals surface area contributed by atoms with Crippen LogP contribution in [-0.4, -0.2) is 13.4 Å². The van der Waals surface area contributed by atoms with Crippen molar-refractivity contribution in [1.82, 2.24) is 0 Å². The molecule has 4 nitrogen and oxygen atoms in total. The first-order chi connectivity index (χ1) is 36.7. The number of hydrogen-bond acceptors (Lipinski definition) is 6. The molecule has 14 rings (SSSR count). The first kappa shape index (κ1) is 44.2. The summed E-state index contributed by atoms with van der Waals surface area (Å²) in [5.41, 5.74) is 19.9. The van der Waals surface area contributed by atoms with Gasteiger partial charge in [0.15, 0.2) is 0 Å². The van der Waals surface area contributed by atoms with E-state index in [2.05, 4.69) is 293 Å². The van der Waals surface area contributed by atoms with E-state index in [0.29, 0.717) is 0 Å². The van der Waals surface area contributed by atoms with Crippen LogP contribution in [0.4, 0.5) is 62.6 Å². The Morgan fingerprint density at radius 2 is 0.797 bits per heavy atom. The molecule has 0 amide bonds. The van der Waals surface area contributed by atoms with Gasteiger partial charge < -0.3 is 20.0 Å². The summed E-state index contributed by atoms with van der Waals surface area (Å²) in [4.78, 5) is 12.5. The molecule has 0 saturated carbocycles. The van der Waals surface area contributed by atoms with Crippen LogP contribution < -0.4 is 52.8 Å². The average Bonchev–Trinajstić information content (AvgIpc) is 3.47. The molecule has 0 aliphatic carbocycles. The largest absolute Gasteiger partial charge is 0.356 e. The van der Waals surface area contributed by atoms with Crippen LogP contribution in [0.3, 0.4) is 0 Å². The van der Waals surface area contributed by atoms with Crippen molar-refractivity contribution >= 4 is 132 Å². The Morgan fingerprint density at radius 3 is 1.36 bits per heavy atom. The SMILES string of the molecule is c1ccc(Nc2cc(N(c3ccccc3)c3ccccc3)cc3c2B(c2ccccc2)c2cc4c(cc2N3c2ccccc2)Sc2cc(N(c3ccccc3)c3ccccc3)cc3c2B4c2ccccc2S3)cc1. The predicted octanol–water partition coefficient (Wildman–Crippen LogP) is 14.1. The lowest BCUT2D eigenvalue weighted by Crippen LogP contribution is -2.62. The Morgan fingerprint density at radius 1 is 0.324 bits per heavy atom. The molecule has 0 atom stereocenters. The zero-order valence-corrected chi connectivity index (χ0v) is 41.9. The Balaban J connectivity index is 1.04. The summed E-state index contributed by atoms with van der Waals surface area (Å²) in [5, 5.41) is 4.03. The van der Waals surface area contributed by atoms with Gasteiger partial charge >= 0.3 is 0 Å². The molecule has 8 heteroatoms. The molecule has 0 unspecified atom stereocenters. The van der Waals surface area contributed by atoms with E-state index < -0.39 is 0 Å².